The molecule has 3 N–H and O–H groups in total. The number of hydrogen-bond acceptors (Lipinski definition) is 3. The van der Waals surface area contributed by atoms with Crippen molar-refractivity contribution in [2.24, 2.45) is 11.1 Å². The van der Waals surface area contributed by atoms with Gasteiger partial charge in [-0.05, 0) is 44.3 Å². The molecule has 26 heavy (non-hydrogen) atoms. The molecular weight excluding hydrogens is 369 g/mol. The molecule has 0 aliphatic heterocycles. The first kappa shape index (κ1) is 25.2. The summed E-state index contributed by atoms with van der Waals surface area (Å²) in [5, 5.41) is 3.12. The number of hydrogen-bond donors (Lipinski definition) is 2. The Morgan fingerprint density at radius 3 is 2.38 bits per heavy atom. The second-order valence-electron chi connectivity index (χ2n) is 7.50. The van der Waals surface area contributed by atoms with Gasteiger partial charge in [0.1, 0.15) is 0 Å². The highest BCUT2D eigenvalue weighted by Crippen LogP contribution is 2.38. The molecule has 0 aromatic heterocycles. The van der Waals surface area contributed by atoms with Gasteiger partial charge < -0.3 is 11.1 Å². The van der Waals surface area contributed by atoms with E-state index in [1.807, 2.05) is 6.07 Å². The number of carbonyl (C=O) groups is 1. The number of nitrogens with zero attached hydrogens (tertiary/aromatic N) is 1. The van der Waals surface area contributed by atoms with Gasteiger partial charge in [-0.15, -0.1) is 24.8 Å². The average molecular weight is 404 g/mol. The van der Waals surface area contributed by atoms with Crippen LogP contribution in [0, 0.1) is 5.41 Å². The van der Waals surface area contributed by atoms with Crippen molar-refractivity contribution in [3.05, 3.63) is 35.9 Å². The van der Waals surface area contributed by atoms with Crippen LogP contribution in [0.5, 0.6) is 0 Å². The van der Waals surface area contributed by atoms with Crippen LogP contribution in [-0.4, -0.2) is 37.0 Å². The Hall–Kier alpha value is -0.810. The van der Waals surface area contributed by atoms with Crippen LogP contribution in [0.2, 0.25) is 0 Å². The smallest absolute Gasteiger partial charge is 0.220 e. The van der Waals surface area contributed by atoms with Gasteiger partial charge in [0.15, 0.2) is 0 Å². The number of nitrogens with two attached hydrogens (primary N) is 1. The van der Waals surface area contributed by atoms with Gasteiger partial charge in [-0.3, -0.25) is 9.69 Å². The van der Waals surface area contributed by atoms with Crippen molar-refractivity contribution >= 4 is 30.7 Å². The largest absolute Gasteiger partial charge is 0.355 e. The Bertz CT molecular complexity index is 507. The Balaban J connectivity index is 0.00000312. The molecule has 1 aliphatic carbocycles. The summed E-state index contributed by atoms with van der Waals surface area (Å²) in [4.78, 5) is 14.6. The van der Waals surface area contributed by atoms with Crippen molar-refractivity contribution in [1.29, 1.82) is 0 Å². The first-order chi connectivity index (χ1) is 11.5. The van der Waals surface area contributed by atoms with Gasteiger partial charge >= 0.3 is 0 Å². The fraction of sp³-hybridized carbons (Fsp3) is 0.650. The number of benzene rings is 1. The average Bonchev–Trinajstić information content (AvgIpc) is 2.61. The van der Waals surface area contributed by atoms with E-state index in [-0.39, 0.29) is 36.1 Å². The zero-order chi connectivity index (χ0) is 17.4. The third-order valence-electron chi connectivity index (χ3n) is 5.50. The maximum Gasteiger partial charge on any atom is 0.220 e. The SMILES string of the molecule is CC(CNC(=O)CC1(CN)CCCCC1)N(C)Cc1ccccc1.Cl.Cl. The first-order valence-electron chi connectivity index (χ1n) is 9.26. The predicted molar refractivity (Wildman–Crippen MR) is 114 cm³/mol. The highest BCUT2D eigenvalue weighted by molar-refractivity contribution is 5.85. The number of halogens is 2. The molecule has 1 fully saturated rings. The minimum Gasteiger partial charge on any atom is -0.355 e. The molecule has 6 heteroatoms. The molecule has 1 aromatic rings. The monoisotopic (exact) mass is 403 g/mol. The fourth-order valence-corrected chi connectivity index (χ4v) is 3.60. The van der Waals surface area contributed by atoms with Crippen LogP contribution < -0.4 is 11.1 Å². The molecule has 1 aliphatic rings. The van der Waals surface area contributed by atoms with Crippen LogP contribution in [0.3, 0.4) is 0 Å². The van der Waals surface area contributed by atoms with Crippen LogP contribution >= 0.6 is 24.8 Å². The fourth-order valence-electron chi connectivity index (χ4n) is 3.60. The van der Waals surface area contributed by atoms with E-state index in [0.717, 1.165) is 19.4 Å². The van der Waals surface area contributed by atoms with Gasteiger partial charge in [0, 0.05) is 25.6 Å². The highest BCUT2D eigenvalue weighted by Gasteiger charge is 2.32. The van der Waals surface area contributed by atoms with Crippen molar-refractivity contribution in [3.63, 3.8) is 0 Å². The standard InChI is InChI=1S/C20H33N3O.2ClH/c1-17(23(2)15-18-9-5-3-6-10-18)14-22-19(24)13-20(16-21)11-7-4-8-12-20;;/h3,5-6,9-10,17H,4,7-8,11-16,21H2,1-2H3,(H,22,24);2*1H. The normalized spacial score (nSPS) is 16.9. The number of rotatable bonds is 8. The van der Waals surface area contributed by atoms with Gasteiger partial charge in [0.25, 0.3) is 0 Å². The lowest BCUT2D eigenvalue weighted by Gasteiger charge is -2.36. The second kappa shape index (κ2) is 12.6. The van der Waals surface area contributed by atoms with Crippen molar-refractivity contribution < 1.29 is 4.79 Å². The van der Waals surface area contributed by atoms with Crippen molar-refractivity contribution in [3.8, 4) is 0 Å². The van der Waals surface area contributed by atoms with Crippen molar-refractivity contribution in [2.45, 2.75) is 58.0 Å². The van der Waals surface area contributed by atoms with E-state index in [1.54, 1.807) is 0 Å². The van der Waals surface area contributed by atoms with Gasteiger partial charge in [0.2, 0.25) is 5.91 Å². The zero-order valence-electron chi connectivity index (χ0n) is 16.1. The molecule has 1 aromatic carbocycles. The summed E-state index contributed by atoms with van der Waals surface area (Å²) in [5.41, 5.74) is 7.33. The van der Waals surface area contributed by atoms with Crippen molar-refractivity contribution in [2.75, 3.05) is 20.1 Å². The van der Waals surface area contributed by atoms with Crippen LogP contribution in [0.25, 0.3) is 0 Å². The molecule has 1 atom stereocenters. The van der Waals surface area contributed by atoms with Crippen LogP contribution in [-0.2, 0) is 11.3 Å². The third-order valence-corrected chi connectivity index (χ3v) is 5.50. The predicted octanol–water partition coefficient (Wildman–Crippen LogP) is 3.77. The molecule has 0 heterocycles. The Labute approximate surface area is 171 Å². The summed E-state index contributed by atoms with van der Waals surface area (Å²) >= 11 is 0. The van der Waals surface area contributed by atoms with Crippen molar-refractivity contribution in [1.82, 2.24) is 10.2 Å². The summed E-state index contributed by atoms with van der Waals surface area (Å²) in [7, 11) is 2.10. The molecule has 0 spiro atoms. The highest BCUT2D eigenvalue weighted by atomic mass is 35.5. The number of carbonyl (C=O) groups excluding carboxylic acids is 1. The summed E-state index contributed by atoms with van der Waals surface area (Å²) in [6.45, 7) is 4.36. The quantitative estimate of drug-likeness (QED) is 0.694. The molecule has 1 saturated carbocycles. The van der Waals surface area contributed by atoms with Crippen LogP contribution in [0.1, 0.15) is 51.0 Å². The summed E-state index contributed by atoms with van der Waals surface area (Å²) < 4.78 is 0. The zero-order valence-corrected chi connectivity index (χ0v) is 17.7. The molecule has 4 nitrogen and oxygen atoms in total. The molecule has 0 saturated heterocycles. The molecular formula is C20H35Cl2N3O. The first-order valence-corrected chi connectivity index (χ1v) is 9.26. The van der Waals surface area contributed by atoms with Crippen LogP contribution in [0.4, 0.5) is 0 Å². The Kier molecular flexibility index (Phi) is 12.2. The van der Waals surface area contributed by atoms with Gasteiger partial charge in [-0.25, -0.2) is 0 Å². The molecule has 150 valence electrons. The summed E-state index contributed by atoms with van der Waals surface area (Å²) in [5.74, 6) is 0.155. The number of likely N-dealkylation sites (N-methyl/N-ethyl adjacent to an activating group) is 1. The lowest BCUT2D eigenvalue weighted by atomic mass is 9.71. The molecule has 0 radical (unpaired) electrons. The summed E-state index contributed by atoms with van der Waals surface area (Å²) in [6.07, 6.45) is 6.48. The molecule has 1 unspecified atom stereocenters. The van der Waals surface area contributed by atoms with E-state index < -0.39 is 0 Å². The Morgan fingerprint density at radius 1 is 1.19 bits per heavy atom. The molecule has 2 rings (SSSR count). The van der Waals surface area contributed by atoms with E-state index >= 15 is 0 Å². The van der Waals surface area contributed by atoms with E-state index in [2.05, 4.69) is 48.5 Å². The lowest BCUT2D eigenvalue weighted by Crippen LogP contribution is -2.43. The van der Waals surface area contributed by atoms with E-state index in [0.29, 0.717) is 25.6 Å². The third kappa shape index (κ3) is 7.83. The van der Waals surface area contributed by atoms with Gasteiger partial charge in [0.05, 0.1) is 0 Å². The maximum absolute atomic E-state index is 12.4. The second-order valence-corrected chi connectivity index (χ2v) is 7.50. The minimum absolute atomic E-state index is 0. The summed E-state index contributed by atoms with van der Waals surface area (Å²) in [6, 6.07) is 10.7. The lowest BCUT2D eigenvalue weighted by molar-refractivity contribution is -0.124. The number of amides is 1. The minimum atomic E-state index is 0. The van der Waals surface area contributed by atoms with Crippen LogP contribution in [0.15, 0.2) is 30.3 Å². The molecule has 0 bridgehead atoms. The molecule has 1 amide bonds. The van der Waals surface area contributed by atoms with Gasteiger partial charge in [-0.1, -0.05) is 49.6 Å². The Morgan fingerprint density at radius 2 is 1.81 bits per heavy atom. The van der Waals surface area contributed by atoms with E-state index in [1.165, 1.54) is 24.8 Å². The van der Waals surface area contributed by atoms with E-state index in [4.69, 9.17) is 5.73 Å². The topological polar surface area (TPSA) is 58.4 Å². The van der Waals surface area contributed by atoms with E-state index in [9.17, 15) is 4.79 Å². The van der Waals surface area contributed by atoms with Gasteiger partial charge in [-0.2, -0.15) is 0 Å². The number of nitrogens with one attached hydrogen (secondary N) is 1. The maximum atomic E-state index is 12.4.